The van der Waals surface area contributed by atoms with E-state index in [2.05, 4.69) is 15.2 Å². The summed E-state index contributed by atoms with van der Waals surface area (Å²) in [5.74, 6) is -0.456. The standard InChI is InChI=1S/C19H14N4O/c20-19(24)16-5-1-4-15(13-3-2-8-21-10-13)18(16)12-6-7-17-14(9-12)11-22-23-17/h1-11H,(H2,20,24)(H,22,23). The van der Waals surface area contributed by atoms with Crippen LogP contribution in [0.2, 0.25) is 0 Å². The molecule has 0 spiro atoms. The van der Waals surface area contributed by atoms with Gasteiger partial charge < -0.3 is 5.73 Å². The monoisotopic (exact) mass is 314 g/mol. The van der Waals surface area contributed by atoms with E-state index in [0.717, 1.165) is 33.2 Å². The number of H-pyrrole nitrogens is 1. The van der Waals surface area contributed by atoms with Crippen LogP contribution in [-0.2, 0) is 0 Å². The molecule has 0 unspecified atom stereocenters. The van der Waals surface area contributed by atoms with Gasteiger partial charge in [-0.05, 0) is 35.4 Å². The number of benzene rings is 2. The van der Waals surface area contributed by atoms with Gasteiger partial charge >= 0.3 is 0 Å². The normalized spacial score (nSPS) is 10.8. The number of primary amides is 1. The zero-order chi connectivity index (χ0) is 16.5. The Kier molecular flexibility index (Phi) is 3.31. The lowest BCUT2D eigenvalue weighted by Gasteiger charge is -2.14. The summed E-state index contributed by atoms with van der Waals surface area (Å²) >= 11 is 0. The van der Waals surface area contributed by atoms with Crippen LogP contribution in [0.4, 0.5) is 0 Å². The predicted molar refractivity (Wildman–Crippen MR) is 93.3 cm³/mol. The maximum atomic E-state index is 12.0. The van der Waals surface area contributed by atoms with E-state index in [4.69, 9.17) is 5.73 Å². The first-order valence-electron chi connectivity index (χ1n) is 7.51. The third-order valence-electron chi connectivity index (χ3n) is 4.03. The molecule has 0 bridgehead atoms. The quantitative estimate of drug-likeness (QED) is 0.608. The minimum absolute atomic E-state index is 0.456. The smallest absolute Gasteiger partial charge is 0.249 e. The first kappa shape index (κ1) is 14.1. The van der Waals surface area contributed by atoms with Gasteiger partial charge in [0.2, 0.25) is 5.91 Å². The van der Waals surface area contributed by atoms with Gasteiger partial charge in [0, 0.05) is 34.5 Å². The van der Waals surface area contributed by atoms with Crippen LogP contribution < -0.4 is 5.73 Å². The number of nitrogens with zero attached hydrogens (tertiary/aromatic N) is 2. The van der Waals surface area contributed by atoms with Crippen LogP contribution in [0.5, 0.6) is 0 Å². The number of nitrogens with two attached hydrogens (primary N) is 1. The number of fused-ring (bicyclic) bond motifs is 1. The third kappa shape index (κ3) is 2.32. The van der Waals surface area contributed by atoms with Crippen molar-refractivity contribution in [2.75, 3.05) is 0 Å². The zero-order valence-electron chi connectivity index (χ0n) is 12.7. The maximum Gasteiger partial charge on any atom is 0.249 e. The minimum Gasteiger partial charge on any atom is -0.366 e. The topological polar surface area (TPSA) is 84.7 Å². The van der Waals surface area contributed by atoms with Gasteiger partial charge in [0.1, 0.15) is 0 Å². The Morgan fingerprint density at radius 2 is 1.92 bits per heavy atom. The second-order valence-electron chi connectivity index (χ2n) is 5.51. The molecule has 3 N–H and O–H groups in total. The molecule has 4 rings (SSSR count). The van der Waals surface area contributed by atoms with Crippen molar-refractivity contribution in [2.45, 2.75) is 0 Å². The van der Waals surface area contributed by atoms with Crippen LogP contribution in [0.15, 0.2) is 67.1 Å². The fourth-order valence-electron chi connectivity index (χ4n) is 2.93. The summed E-state index contributed by atoms with van der Waals surface area (Å²) in [6.45, 7) is 0. The van der Waals surface area contributed by atoms with Gasteiger partial charge in [0.05, 0.1) is 11.7 Å². The number of carbonyl (C=O) groups is 1. The Morgan fingerprint density at radius 3 is 2.71 bits per heavy atom. The number of carbonyl (C=O) groups excluding carboxylic acids is 1. The SMILES string of the molecule is NC(=O)c1cccc(-c2cccnc2)c1-c1ccc2[nH]ncc2c1. The lowest BCUT2D eigenvalue weighted by atomic mass is 9.90. The zero-order valence-corrected chi connectivity index (χ0v) is 12.7. The summed E-state index contributed by atoms with van der Waals surface area (Å²) in [5.41, 5.74) is 10.6. The predicted octanol–water partition coefficient (Wildman–Crippen LogP) is 3.39. The van der Waals surface area contributed by atoms with E-state index >= 15 is 0 Å². The highest BCUT2D eigenvalue weighted by Gasteiger charge is 2.16. The summed E-state index contributed by atoms with van der Waals surface area (Å²) in [5, 5.41) is 7.95. The maximum absolute atomic E-state index is 12.0. The Balaban J connectivity index is 2.02. The highest BCUT2D eigenvalue weighted by molar-refractivity contribution is 6.04. The van der Waals surface area contributed by atoms with Gasteiger partial charge in [-0.15, -0.1) is 0 Å². The Hall–Kier alpha value is -3.47. The van der Waals surface area contributed by atoms with E-state index < -0.39 is 5.91 Å². The molecule has 116 valence electrons. The highest BCUT2D eigenvalue weighted by Crippen LogP contribution is 2.35. The van der Waals surface area contributed by atoms with E-state index in [1.54, 1.807) is 24.7 Å². The van der Waals surface area contributed by atoms with Gasteiger partial charge in [0.25, 0.3) is 0 Å². The van der Waals surface area contributed by atoms with E-state index in [0.29, 0.717) is 5.56 Å². The van der Waals surface area contributed by atoms with Crippen molar-refractivity contribution in [3.63, 3.8) is 0 Å². The molecule has 0 fully saturated rings. The molecule has 4 aromatic rings. The Bertz CT molecular complexity index is 1040. The van der Waals surface area contributed by atoms with Gasteiger partial charge in [-0.25, -0.2) is 0 Å². The molecule has 0 saturated heterocycles. The number of hydrogen-bond donors (Lipinski definition) is 2. The van der Waals surface area contributed by atoms with Crippen molar-refractivity contribution in [2.24, 2.45) is 5.73 Å². The molecule has 0 atom stereocenters. The number of hydrogen-bond acceptors (Lipinski definition) is 3. The first-order chi connectivity index (χ1) is 11.7. The van der Waals surface area contributed by atoms with Gasteiger partial charge in [0.15, 0.2) is 0 Å². The van der Waals surface area contributed by atoms with E-state index in [1.165, 1.54) is 0 Å². The summed E-state index contributed by atoms with van der Waals surface area (Å²) in [7, 11) is 0. The van der Waals surface area contributed by atoms with Gasteiger partial charge in [-0.3, -0.25) is 14.9 Å². The molecule has 5 nitrogen and oxygen atoms in total. The average Bonchev–Trinajstić information content (AvgIpc) is 3.09. The number of nitrogens with one attached hydrogen (secondary N) is 1. The Morgan fingerprint density at radius 1 is 1.00 bits per heavy atom. The van der Waals surface area contributed by atoms with Gasteiger partial charge in [-0.1, -0.05) is 24.3 Å². The van der Waals surface area contributed by atoms with Crippen molar-refractivity contribution in [1.82, 2.24) is 15.2 Å². The van der Waals surface area contributed by atoms with Crippen molar-refractivity contribution in [3.05, 3.63) is 72.7 Å². The lowest BCUT2D eigenvalue weighted by molar-refractivity contribution is 0.100. The summed E-state index contributed by atoms with van der Waals surface area (Å²) < 4.78 is 0. The Labute approximate surface area is 138 Å². The summed E-state index contributed by atoms with van der Waals surface area (Å²) in [6.07, 6.45) is 5.26. The molecule has 0 aliphatic rings. The van der Waals surface area contributed by atoms with Crippen LogP contribution in [0.1, 0.15) is 10.4 Å². The molecule has 0 saturated carbocycles. The fourth-order valence-corrected chi connectivity index (χ4v) is 2.93. The molecule has 2 aromatic heterocycles. The molecule has 0 aliphatic carbocycles. The van der Waals surface area contributed by atoms with E-state index in [1.807, 2.05) is 42.5 Å². The van der Waals surface area contributed by atoms with Crippen LogP contribution in [0, 0.1) is 0 Å². The van der Waals surface area contributed by atoms with Gasteiger partial charge in [-0.2, -0.15) is 5.10 Å². The molecular formula is C19H14N4O. The minimum atomic E-state index is -0.456. The second-order valence-corrected chi connectivity index (χ2v) is 5.51. The number of rotatable bonds is 3. The van der Waals surface area contributed by atoms with Crippen LogP contribution in [0.3, 0.4) is 0 Å². The fraction of sp³-hybridized carbons (Fsp3) is 0. The number of amides is 1. The van der Waals surface area contributed by atoms with Crippen molar-refractivity contribution in [1.29, 1.82) is 0 Å². The molecule has 1 amide bonds. The number of pyridine rings is 1. The molecular weight excluding hydrogens is 300 g/mol. The number of aromatic nitrogens is 3. The third-order valence-corrected chi connectivity index (χ3v) is 4.03. The average molecular weight is 314 g/mol. The molecule has 24 heavy (non-hydrogen) atoms. The summed E-state index contributed by atoms with van der Waals surface area (Å²) in [4.78, 5) is 16.2. The molecule has 2 heterocycles. The second kappa shape index (κ2) is 5.62. The number of aromatic amines is 1. The lowest BCUT2D eigenvalue weighted by Crippen LogP contribution is -2.12. The first-order valence-corrected chi connectivity index (χ1v) is 7.51. The van der Waals surface area contributed by atoms with Crippen LogP contribution in [-0.4, -0.2) is 21.1 Å². The summed E-state index contributed by atoms with van der Waals surface area (Å²) in [6, 6.07) is 15.3. The largest absolute Gasteiger partial charge is 0.366 e. The van der Waals surface area contributed by atoms with Crippen molar-refractivity contribution in [3.8, 4) is 22.3 Å². The highest BCUT2D eigenvalue weighted by atomic mass is 16.1. The van der Waals surface area contributed by atoms with E-state index in [-0.39, 0.29) is 0 Å². The molecule has 5 heteroatoms. The molecule has 0 radical (unpaired) electrons. The van der Waals surface area contributed by atoms with E-state index in [9.17, 15) is 4.79 Å². The molecule has 2 aromatic carbocycles. The molecule has 0 aliphatic heterocycles. The van der Waals surface area contributed by atoms with Crippen LogP contribution >= 0.6 is 0 Å². The van der Waals surface area contributed by atoms with Crippen molar-refractivity contribution >= 4 is 16.8 Å². The van der Waals surface area contributed by atoms with Crippen LogP contribution in [0.25, 0.3) is 33.2 Å². The van der Waals surface area contributed by atoms with Crippen molar-refractivity contribution < 1.29 is 4.79 Å².